The van der Waals surface area contributed by atoms with Crippen LogP contribution in [0.15, 0.2) is 77.7 Å². The summed E-state index contributed by atoms with van der Waals surface area (Å²) < 4.78 is 28.3. The van der Waals surface area contributed by atoms with Crippen molar-refractivity contribution < 1.29 is 18.0 Å². The maximum absolute atomic E-state index is 13.8. The average molecular weight is 583 g/mol. The van der Waals surface area contributed by atoms with Crippen molar-refractivity contribution in [1.29, 1.82) is 0 Å². The molecule has 3 rings (SSSR count). The number of nitrogens with one attached hydrogen (secondary N) is 1. The first-order valence-corrected chi connectivity index (χ1v) is 14.0. The van der Waals surface area contributed by atoms with E-state index in [1.807, 2.05) is 0 Å². The molecule has 0 aliphatic rings. The first kappa shape index (κ1) is 28.8. The molecular formula is C26H26Cl3N3O4S. The molecule has 0 radical (unpaired) electrons. The molecule has 3 aromatic carbocycles. The summed E-state index contributed by atoms with van der Waals surface area (Å²) >= 11 is 18.6. The first-order chi connectivity index (χ1) is 17.6. The Morgan fingerprint density at radius 1 is 0.892 bits per heavy atom. The number of anilines is 1. The SMILES string of the molecule is CCNC(=O)[C@@H](C)N(Cc1c(Cl)cccc1Cl)C(=O)CN(c1ccccc1)S(=O)(=O)c1ccc(Cl)cc1. The van der Waals surface area contributed by atoms with Crippen LogP contribution < -0.4 is 9.62 Å². The third-order valence-electron chi connectivity index (χ3n) is 5.63. The zero-order valence-electron chi connectivity index (χ0n) is 20.2. The normalized spacial score (nSPS) is 12.0. The molecule has 0 saturated heterocycles. The second-order valence-electron chi connectivity index (χ2n) is 8.09. The number of likely N-dealkylation sites (N-methyl/N-ethyl adjacent to an activating group) is 1. The number of hydrogen-bond donors (Lipinski definition) is 1. The van der Waals surface area contributed by atoms with Gasteiger partial charge in [-0.15, -0.1) is 0 Å². The maximum Gasteiger partial charge on any atom is 0.264 e. The van der Waals surface area contributed by atoms with Crippen molar-refractivity contribution in [2.24, 2.45) is 0 Å². The molecule has 0 heterocycles. The number of carbonyl (C=O) groups is 2. The molecule has 1 atom stereocenters. The molecule has 0 aliphatic carbocycles. The van der Waals surface area contributed by atoms with E-state index in [4.69, 9.17) is 34.8 Å². The van der Waals surface area contributed by atoms with Crippen molar-refractivity contribution in [3.05, 3.63) is 93.4 Å². The van der Waals surface area contributed by atoms with E-state index >= 15 is 0 Å². The highest BCUT2D eigenvalue weighted by Crippen LogP contribution is 2.28. The quantitative estimate of drug-likeness (QED) is 0.347. The van der Waals surface area contributed by atoms with Gasteiger partial charge in [0.2, 0.25) is 11.8 Å². The third-order valence-corrected chi connectivity index (χ3v) is 8.38. The number of benzene rings is 3. The zero-order chi connectivity index (χ0) is 27.2. The molecular weight excluding hydrogens is 557 g/mol. The fourth-order valence-corrected chi connectivity index (χ4v) is 5.67. The van der Waals surface area contributed by atoms with Gasteiger partial charge in [0.1, 0.15) is 12.6 Å². The van der Waals surface area contributed by atoms with Gasteiger partial charge in [0.15, 0.2) is 0 Å². The Labute approximate surface area is 232 Å². The molecule has 196 valence electrons. The third kappa shape index (κ3) is 6.96. The van der Waals surface area contributed by atoms with Gasteiger partial charge >= 0.3 is 0 Å². The Morgan fingerprint density at radius 2 is 1.49 bits per heavy atom. The molecule has 0 aromatic heterocycles. The lowest BCUT2D eigenvalue weighted by atomic mass is 10.1. The van der Waals surface area contributed by atoms with E-state index in [9.17, 15) is 18.0 Å². The first-order valence-electron chi connectivity index (χ1n) is 11.4. The Balaban J connectivity index is 2.04. The summed E-state index contributed by atoms with van der Waals surface area (Å²) in [5.74, 6) is -1.01. The number of para-hydroxylation sites is 1. The monoisotopic (exact) mass is 581 g/mol. The summed E-state index contributed by atoms with van der Waals surface area (Å²) in [6.45, 7) is 3.02. The Kier molecular flexibility index (Phi) is 9.84. The highest BCUT2D eigenvalue weighted by molar-refractivity contribution is 7.92. The fraction of sp³-hybridized carbons (Fsp3) is 0.231. The largest absolute Gasteiger partial charge is 0.355 e. The molecule has 0 aliphatic heterocycles. The van der Waals surface area contributed by atoms with Crippen LogP contribution in [0, 0.1) is 0 Å². The lowest BCUT2D eigenvalue weighted by molar-refractivity contribution is -0.139. The fourth-order valence-electron chi connectivity index (χ4n) is 3.62. The Bertz CT molecular complexity index is 1330. The Hall–Kier alpha value is -2.78. The molecule has 2 amide bonds. The van der Waals surface area contributed by atoms with E-state index in [-0.39, 0.29) is 17.1 Å². The van der Waals surface area contributed by atoms with Gasteiger partial charge in [0, 0.05) is 33.7 Å². The van der Waals surface area contributed by atoms with Crippen LogP contribution in [-0.4, -0.2) is 44.3 Å². The number of halogens is 3. The summed E-state index contributed by atoms with van der Waals surface area (Å²) in [5, 5.41) is 3.72. The van der Waals surface area contributed by atoms with Crippen molar-refractivity contribution in [2.45, 2.75) is 31.3 Å². The molecule has 3 aromatic rings. The minimum atomic E-state index is -4.17. The van der Waals surface area contributed by atoms with Gasteiger partial charge in [-0.1, -0.05) is 59.1 Å². The number of amides is 2. The molecule has 0 saturated carbocycles. The van der Waals surface area contributed by atoms with Gasteiger partial charge in [-0.2, -0.15) is 0 Å². The predicted octanol–water partition coefficient (Wildman–Crippen LogP) is 5.40. The molecule has 37 heavy (non-hydrogen) atoms. The van der Waals surface area contributed by atoms with E-state index in [1.165, 1.54) is 29.2 Å². The summed E-state index contributed by atoms with van der Waals surface area (Å²) in [6, 6.07) is 17.9. The lowest BCUT2D eigenvalue weighted by Gasteiger charge is -2.32. The minimum Gasteiger partial charge on any atom is -0.355 e. The molecule has 0 fully saturated rings. The molecule has 0 bridgehead atoms. The number of sulfonamides is 1. The van der Waals surface area contributed by atoms with Crippen LogP contribution in [0.4, 0.5) is 5.69 Å². The van der Waals surface area contributed by atoms with Crippen molar-refractivity contribution >= 4 is 62.3 Å². The number of nitrogens with zero attached hydrogens (tertiary/aromatic N) is 2. The average Bonchev–Trinajstić information content (AvgIpc) is 2.87. The standard InChI is InChI=1S/C26H26Cl3N3O4S/c1-3-30-26(34)18(2)31(16-22-23(28)10-7-11-24(22)29)25(33)17-32(20-8-5-4-6-9-20)37(35,36)21-14-12-19(27)13-15-21/h4-15,18H,3,16-17H2,1-2H3,(H,30,34)/t18-/m1/s1. The summed E-state index contributed by atoms with van der Waals surface area (Å²) in [5.41, 5.74) is 0.731. The summed E-state index contributed by atoms with van der Waals surface area (Å²) in [7, 11) is -4.17. The van der Waals surface area contributed by atoms with Gasteiger partial charge in [-0.3, -0.25) is 13.9 Å². The highest BCUT2D eigenvalue weighted by atomic mass is 35.5. The number of hydrogen-bond acceptors (Lipinski definition) is 4. The topological polar surface area (TPSA) is 86.8 Å². The van der Waals surface area contributed by atoms with Gasteiger partial charge < -0.3 is 10.2 Å². The number of rotatable bonds is 10. The van der Waals surface area contributed by atoms with Crippen LogP contribution in [0.1, 0.15) is 19.4 Å². The van der Waals surface area contributed by atoms with Crippen LogP contribution in [0.5, 0.6) is 0 Å². The zero-order valence-corrected chi connectivity index (χ0v) is 23.3. The molecule has 0 unspecified atom stereocenters. The van der Waals surface area contributed by atoms with Gasteiger partial charge in [-0.25, -0.2) is 8.42 Å². The Morgan fingerprint density at radius 3 is 2.05 bits per heavy atom. The molecule has 1 N–H and O–H groups in total. The van der Waals surface area contributed by atoms with Crippen molar-refractivity contribution in [1.82, 2.24) is 10.2 Å². The lowest BCUT2D eigenvalue weighted by Crippen LogP contribution is -2.51. The highest BCUT2D eigenvalue weighted by Gasteiger charge is 2.33. The van der Waals surface area contributed by atoms with E-state index in [0.717, 1.165) is 4.31 Å². The van der Waals surface area contributed by atoms with E-state index in [2.05, 4.69) is 5.32 Å². The maximum atomic E-state index is 13.8. The van der Waals surface area contributed by atoms with Gasteiger partial charge in [0.25, 0.3) is 10.0 Å². The smallest absolute Gasteiger partial charge is 0.264 e. The minimum absolute atomic E-state index is 0.0361. The number of carbonyl (C=O) groups excluding carboxylic acids is 2. The van der Waals surface area contributed by atoms with Crippen LogP contribution in [-0.2, 0) is 26.2 Å². The van der Waals surface area contributed by atoms with E-state index in [0.29, 0.717) is 27.2 Å². The van der Waals surface area contributed by atoms with Crippen molar-refractivity contribution in [3.63, 3.8) is 0 Å². The van der Waals surface area contributed by atoms with Gasteiger partial charge in [-0.05, 0) is 62.4 Å². The van der Waals surface area contributed by atoms with Crippen LogP contribution >= 0.6 is 34.8 Å². The molecule has 7 nitrogen and oxygen atoms in total. The van der Waals surface area contributed by atoms with Crippen LogP contribution in [0.25, 0.3) is 0 Å². The summed E-state index contributed by atoms with van der Waals surface area (Å²) in [6.07, 6.45) is 0. The van der Waals surface area contributed by atoms with Crippen molar-refractivity contribution in [2.75, 3.05) is 17.4 Å². The van der Waals surface area contributed by atoms with E-state index < -0.39 is 34.4 Å². The van der Waals surface area contributed by atoms with E-state index in [1.54, 1.807) is 62.4 Å². The second-order valence-corrected chi connectivity index (χ2v) is 11.2. The second kappa shape index (κ2) is 12.6. The van der Waals surface area contributed by atoms with Gasteiger partial charge in [0.05, 0.1) is 10.6 Å². The van der Waals surface area contributed by atoms with Crippen molar-refractivity contribution in [3.8, 4) is 0 Å². The molecule has 0 spiro atoms. The molecule has 11 heteroatoms. The predicted molar refractivity (Wildman–Crippen MR) is 148 cm³/mol. The summed E-state index contributed by atoms with van der Waals surface area (Å²) in [4.78, 5) is 27.7. The van der Waals surface area contributed by atoms with Crippen LogP contribution in [0.3, 0.4) is 0 Å². The van der Waals surface area contributed by atoms with Crippen LogP contribution in [0.2, 0.25) is 15.1 Å².